The van der Waals surface area contributed by atoms with E-state index in [0.717, 1.165) is 5.57 Å². The lowest BCUT2D eigenvalue weighted by Gasteiger charge is -2.14. The Labute approximate surface area is 122 Å². The van der Waals surface area contributed by atoms with Crippen LogP contribution in [0.4, 0.5) is 0 Å². The molecule has 98 valence electrons. The van der Waals surface area contributed by atoms with Gasteiger partial charge in [-0.3, -0.25) is 0 Å². The van der Waals surface area contributed by atoms with Crippen LogP contribution in [0.3, 0.4) is 0 Å². The second-order valence-corrected chi connectivity index (χ2v) is 5.43. The quantitative estimate of drug-likeness (QED) is 0.817. The van der Waals surface area contributed by atoms with Gasteiger partial charge in [0.15, 0.2) is 5.82 Å². The van der Waals surface area contributed by atoms with E-state index < -0.39 is 0 Å². The van der Waals surface area contributed by atoms with Crippen molar-refractivity contribution in [2.75, 3.05) is 0 Å². The molecule has 1 aliphatic carbocycles. The van der Waals surface area contributed by atoms with Crippen molar-refractivity contribution in [2.45, 2.75) is 13.8 Å². The van der Waals surface area contributed by atoms with Gasteiger partial charge in [0.05, 0.1) is 0 Å². The summed E-state index contributed by atoms with van der Waals surface area (Å²) >= 11 is 11.4. The van der Waals surface area contributed by atoms with Gasteiger partial charge in [-0.1, -0.05) is 50.3 Å². The summed E-state index contributed by atoms with van der Waals surface area (Å²) in [5.41, 5.74) is 1.08. The molecule has 0 radical (unpaired) electrons. The number of hydrogen-bond donors (Lipinski definition) is 0. The third-order valence-corrected chi connectivity index (χ3v) is 2.83. The Balaban J connectivity index is 2.25. The van der Waals surface area contributed by atoms with Crippen molar-refractivity contribution in [2.24, 2.45) is 5.41 Å². The summed E-state index contributed by atoms with van der Waals surface area (Å²) in [4.78, 5) is 11.7. The molecule has 0 N–H and O–H groups in total. The van der Waals surface area contributed by atoms with Gasteiger partial charge in [0.25, 0.3) is 0 Å². The summed E-state index contributed by atoms with van der Waals surface area (Å²) in [5.74, 6) is 0.439. The molecule has 1 aromatic heterocycles. The monoisotopic (exact) mass is 293 g/mol. The van der Waals surface area contributed by atoms with E-state index in [1.165, 1.54) is 0 Å². The van der Waals surface area contributed by atoms with Crippen molar-refractivity contribution < 1.29 is 0 Å². The van der Waals surface area contributed by atoms with Crippen LogP contribution in [0.25, 0.3) is 6.08 Å². The molecular weight excluding hydrogens is 281 g/mol. The largest absolute Gasteiger partial charge is 0.227 e. The molecule has 0 aromatic carbocycles. The molecule has 0 saturated carbocycles. The predicted molar refractivity (Wildman–Crippen MR) is 79.0 cm³/mol. The molecule has 1 aliphatic rings. The Kier molecular flexibility index (Phi) is 4.17. The maximum atomic E-state index is 5.72. The lowest BCUT2D eigenvalue weighted by Crippen LogP contribution is -2.02. The third-order valence-electron chi connectivity index (χ3n) is 2.49. The zero-order valence-corrected chi connectivity index (χ0v) is 12.2. The maximum Gasteiger partial charge on any atom is 0.227 e. The molecule has 0 amide bonds. The van der Waals surface area contributed by atoms with Crippen LogP contribution in [-0.4, -0.2) is 15.0 Å². The Hall–Kier alpha value is -1.45. The fraction of sp³-hybridized carbons (Fsp3) is 0.214. The van der Waals surface area contributed by atoms with Gasteiger partial charge in [-0.15, -0.1) is 0 Å². The Morgan fingerprint density at radius 3 is 2.37 bits per heavy atom. The summed E-state index contributed by atoms with van der Waals surface area (Å²) in [7, 11) is 0. The van der Waals surface area contributed by atoms with Gasteiger partial charge in [0, 0.05) is 5.41 Å². The molecule has 0 spiro atoms. The van der Waals surface area contributed by atoms with Crippen molar-refractivity contribution in [1.82, 2.24) is 15.0 Å². The zero-order valence-electron chi connectivity index (χ0n) is 10.6. The second-order valence-electron chi connectivity index (χ2n) is 4.75. The first kappa shape index (κ1) is 14.0. The first-order valence-corrected chi connectivity index (χ1v) is 6.54. The molecule has 0 atom stereocenters. The van der Waals surface area contributed by atoms with E-state index in [-0.39, 0.29) is 16.0 Å². The molecule has 0 saturated heterocycles. The first-order valence-electron chi connectivity index (χ1n) is 5.78. The third kappa shape index (κ3) is 4.30. The highest BCUT2D eigenvalue weighted by Crippen LogP contribution is 2.24. The van der Waals surface area contributed by atoms with Crippen molar-refractivity contribution in [3.8, 4) is 0 Å². The van der Waals surface area contributed by atoms with E-state index in [1.54, 1.807) is 6.08 Å². The average Bonchev–Trinajstić information content (AvgIpc) is 2.46. The molecule has 0 aliphatic heterocycles. The van der Waals surface area contributed by atoms with Gasteiger partial charge in [-0.05, 0) is 34.9 Å². The van der Waals surface area contributed by atoms with Gasteiger partial charge >= 0.3 is 0 Å². The van der Waals surface area contributed by atoms with E-state index in [1.807, 2.05) is 24.3 Å². The average molecular weight is 294 g/mol. The van der Waals surface area contributed by atoms with Crippen LogP contribution in [0, 0.1) is 5.41 Å². The van der Waals surface area contributed by atoms with Crippen LogP contribution >= 0.6 is 23.2 Å². The van der Waals surface area contributed by atoms with E-state index >= 15 is 0 Å². The van der Waals surface area contributed by atoms with Crippen LogP contribution in [0.15, 0.2) is 42.0 Å². The highest BCUT2D eigenvalue weighted by molar-refractivity contribution is 6.31. The minimum atomic E-state index is 0.0115. The first-order chi connectivity index (χ1) is 8.94. The summed E-state index contributed by atoms with van der Waals surface area (Å²) in [6.45, 7) is 4.28. The SMILES string of the molecule is CC1(C)C=CC=CC(/C=C/c2nc(Cl)nc(Cl)n2)=C1. The molecule has 1 aromatic rings. The van der Waals surface area contributed by atoms with Gasteiger partial charge in [0.1, 0.15) is 0 Å². The summed E-state index contributed by atoms with van der Waals surface area (Å²) in [6.07, 6.45) is 14.0. The smallest absolute Gasteiger partial charge is 0.198 e. The Morgan fingerprint density at radius 1 is 1.00 bits per heavy atom. The van der Waals surface area contributed by atoms with Gasteiger partial charge in [-0.2, -0.15) is 15.0 Å². The summed E-state index contributed by atoms with van der Waals surface area (Å²) < 4.78 is 0. The molecule has 2 rings (SSSR count). The molecule has 1 heterocycles. The highest BCUT2D eigenvalue weighted by Gasteiger charge is 2.11. The number of allylic oxidation sites excluding steroid dienone is 7. The maximum absolute atomic E-state index is 5.72. The summed E-state index contributed by atoms with van der Waals surface area (Å²) in [6, 6.07) is 0. The van der Waals surface area contributed by atoms with Crippen molar-refractivity contribution >= 4 is 29.3 Å². The molecule has 0 unspecified atom stereocenters. The fourth-order valence-electron chi connectivity index (χ4n) is 1.69. The molecule has 0 fully saturated rings. The van der Waals surface area contributed by atoms with E-state index in [2.05, 4.69) is 41.0 Å². The van der Waals surface area contributed by atoms with Crippen LogP contribution < -0.4 is 0 Å². The van der Waals surface area contributed by atoms with Gasteiger partial charge in [0.2, 0.25) is 10.6 Å². The standard InChI is InChI=1S/C14H13Cl2N3/c1-14(2)8-4-3-5-10(9-14)6-7-11-17-12(15)19-13(16)18-11/h3-9H,1-2H3/b7-6+. The van der Waals surface area contributed by atoms with E-state index in [0.29, 0.717) is 5.82 Å². The molecule has 3 nitrogen and oxygen atoms in total. The van der Waals surface area contributed by atoms with Crippen LogP contribution in [-0.2, 0) is 0 Å². The Bertz CT molecular complexity index is 578. The van der Waals surface area contributed by atoms with Gasteiger partial charge < -0.3 is 0 Å². The van der Waals surface area contributed by atoms with Crippen molar-refractivity contribution in [3.63, 3.8) is 0 Å². The fourth-order valence-corrected chi connectivity index (χ4v) is 2.06. The Morgan fingerprint density at radius 2 is 1.68 bits per heavy atom. The van der Waals surface area contributed by atoms with E-state index in [4.69, 9.17) is 23.2 Å². The lowest BCUT2D eigenvalue weighted by molar-refractivity contribution is 0.625. The number of aromatic nitrogens is 3. The topological polar surface area (TPSA) is 38.7 Å². The number of nitrogens with zero attached hydrogens (tertiary/aromatic N) is 3. The number of halogens is 2. The van der Waals surface area contributed by atoms with Crippen molar-refractivity contribution in [3.05, 3.63) is 58.4 Å². The van der Waals surface area contributed by atoms with Crippen LogP contribution in [0.1, 0.15) is 19.7 Å². The normalized spacial score (nSPS) is 17.6. The van der Waals surface area contributed by atoms with Crippen molar-refractivity contribution in [1.29, 1.82) is 0 Å². The minimum absolute atomic E-state index is 0.0115. The second kappa shape index (κ2) is 5.68. The van der Waals surface area contributed by atoms with Crippen LogP contribution in [0.2, 0.25) is 10.6 Å². The van der Waals surface area contributed by atoms with Crippen LogP contribution in [0.5, 0.6) is 0 Å². The summed E-state index contributed by atoms with van der Waals surface area (Å²) in [5, 5.41) is 0.180. The molecular formula is C14H13Cl2N3. The minimum Gasteiger partial charge on any atom is -0.198 e. The molecule has 0 bridgehead atoms. The number of rotatable bonds is 2. The highest BCUT2D eigenvalue weighted by atomic mass is 35.5. The van der Waals surface area contributed by atoms with E-state index in [9.17, 15) is 0 Å². The zero-order chi connectivity index (χ0) is 13.9. The number of hydrogen-bond acceptors (Lipinski definition) is 3. The van der Waals surface area contributed by atoms with Gasteiger partial charge in [-0.25, -0.2) is 0 Å². The molecule has 19 heavy (non-hydrogen) atoms. The lowest BCUT2D eigenvalue weighted by atomic mass is 9.91. The molecule has 5 heteroatoms. The predicted octanol–water partition coefficient (Wildman–Crippen LogP) is 4.27.